The van der Waals surface area contributed by atoms with Crippen molar-refractivity contribution < 1.29 is 18.3 Å². The average molecular weight is 180 g/mol. The molecule has 5 heteroatoms. The number of sulfone groups is 1. The van der Waals surface area contributed by atoms with Gasteiger partial charge in [0.15, 0.2) is 9.84 Å². The van der Waals surface area contributed by atoms with Crippen molar-refractivity contribution in [3.05, 3.63) is 0 Å². The smallest absolute Gasteiger partial charge is 0.155 e. The van der Waals surface area contributed by atoms with Crippen molar-refractivity contribution in [1.29, 1.82) is 0 Å². The Kier molecular flexibility index (Phi) is 2.51. The summed E-state index contributed by atoms with van der Waals surface area (Å²) >= 11 is 0. The minimum Gasteiger partial charge on any atom is -0.389 e. The third kappa shape index (κ3) is 2.15. The van der Waals surface area contributed by atoms with Gasteiger partial charge in [0.05, 0.1) is 23.7 Å². The number of aliphatic hydroxyl groups excluding tert-OH is 1. The molecule has 4 nitrogen and oxygen atoms in total. The normalized spacial score (nSPS) is 35.8. The van der Waals surface area contributed by atoms with Gasteiger partial charge in [-0.3, -0.25) is 0 Å². The van der Waals surface area contributed by atoms with E-state index in [-0.39, 0.29) is 11.5 Å². The van der Waals surface area contributed by atoms with Crippen LogP contribution in [0.2, 0.25) is 0 Å². The van der Waals surface area contributed by atoms with Gasteiger partial charge in [-0.2, -0.15) is 0 Å². The van der Waals surface area contributed by atoms with Gasteiger partial charge < -0.3 is 9.84 Å². The van der Waals surface area contributed by atoms with Gasteiger partial charge in [0, 0.05) is 6.61 Å². The van der Waals surface area contributed by atoms with Crippen LogP contribution in [-0.2, 0) is 14.6 Å². The molecule has 0 spiro atoms. The fourth-order valence-corrected chi connectivity index (χ4v) is 2.86. The van der Waals surface area contributed by atoms with E-state index >= 15 is 0 Å². The summed E-state index contributed by atoms with van der Waals surface area (Å²) in [6, 6.07) is 0. The van der Waals surface area contributed by atoms with Crippen molar-refractivity contribution in [3.8, 4) is 0 Å². The molecular weight excluding hydrogens is 168 g/mol. The molecule has 1 saturated heterocycles. The Balaban J connectivity index is 2.59. The lowest BCUT2D eigenvalue weighted by Gasteiger charge is -2.11. The summed E-state index contributed by atoms with van der Waals surface area (Å²) in [5.41, 5.74) is 0. The van der Waals surface area contributed by atoms with Crippen molar-refractivity contribution >= 4 is 9.84 Å². The van der Waals surface area contributed by atoms with Crippen molar-refractivity contribution in [2.75, 3.05) is 18.1 Å². The molecule has 0 saturated carbocycles. The van der Waals surface area contributed by atoms with Crippen LogP contribution in [0.4, 0.5) is 0 Å². The van der Waals surface area contributed by atoms with E-state index < -0.39 is 22.0 Å². The second-order valence-electron chi connectivity index (χ2n) is 2.64. The fourth-order valence-electron chi connectivity index (χ4n) is 1.17. The first-order valence-electron chi connectivity index (χ1n) is 3.55. The lowest BCUT2D eigenvalue weighted by atomic mass is 10.3. The van der Waals surface area contributed by atoms with E-state index in [9.17, 15) is 8.42 Å². The second kappa shape index (κ2) is 3.08. The van der Waals surface area contributed by atoms with Gasteiger partial charge in [0.25, 0.3) is 0 Å². The van der Waals surface area contributed by atoms with Crippen molar-refractivity contribution in [2.45, 2.75) is 19.1 Å². The molecule has 1 rings (SSSR count). The molecule has 0 radical (unpaired) electrons. The van der Waals surface area contributed by atoms with Gasteiger partial charge in [-0.25, -0.2) is 8.42 Å². The Morgan fingerprint density at radius 2 is 2.18 bits per heavy atom. The van der Waals surface area contributed by atoms with Crippen LogP contribution < -0.4 is 0 Å². The third-order valence-electron chi connectivity index (χ3n) is 1.65. The van der Waals surface area contributed by atoms with Gasteiger partial charge in [0.1, 0.15) is 0 Å². The molecule has 1 heterocycles. The highest BCUT2D eigenvalue weighted by Gasteiger charge is 2.36. The maximum atomic E-state index is 10.9. The third-order valence-corrected chi connectivity index (χ3v) is 3.34. The minimum absolute atomic E-state index is 0.0397. The molecule has 0 unspecified atom stereocenters. The van der Waals surface area contributed by atoms with Crippen LogP contribution in [0.15, 0.2) is 0 Å². The molecule has 1 N–H and O–H groups in total. The monoisotopic (exact) mass is 180 g/mol. The van der Waals surface area contributed by atoms with E-state index in [2.05, 4.69) is 0 Å². The van der Waals surface area contributed by atoms with E-state index in [0.29, 0.717) is 6.61 Å². The maximum Gasteiger partial charge on any atom is 0.155 e. The van der Waals surface area contributed by atoms with E-state index in [1.54, 1.807) is 6.92 Å². The number of ether oxygens (including phenoxy) is 1. The van der Waals surface area contributed by atoms with Gasteiger partial charge in [-0.05, 0) is 6.92 Å². The predicted molar refractivity (Wildman–Crippen MR) is 40.1 cm³/mol. The minimum atomic E-state index is -3.04. The molecule has 1 fully saturated rings. The molecule has 0 amide bonds. The van der Waals surface area contributed by atoms with E-state index in [4.69, 9.17) is 9.84 Å². The highest BCUT2D eigenvalue weighted by atomic mass is 32.2. The molecule has 0 bridgehead atoms. The van der Waals surface area contributed by atoms with Gasteiger partial charge >= 0.3 is 0 Å². The van der Waals surface area contributed by atoms with Crippen LogP contribution >= 0.6 is 0 Å². The molecular formula is C6H12O4S. The molecule has 0 aromatic carbocycles. The van der Waals surface area contributed by atoms with Crippen LogP contribution in [0.1, 0.15) is 6.92 Å². The summed E-state index contributed by atoms with van der Waals surface area (Å²) < 4.78 is 26.8. The standard InChI is InChI=1S/C6H12O4S/c1-2-10-6-4-11(8,9)3-5(6)7/h5-7H,2-4H2,1H3/t5-,6-/m0/s1. The molecule has 2 atom stereocenters. The van der Waals surface area contributed by atoms with Crippen molar-refractivity contribution in [3.63, 3.8) is 0 Å². The largest absolute Gasteiger partial charge is 0.389 e. The van der Waals surface area contributed by atoms with E-state index in [1.165, 1.54) is 0 Å². The molecule has 66 valence electrons. The molecule has 0 aliphatic carbocycles. The summed E-state index contributed by atoms with van der Waals surface area (Å²) in [5.74, 6) is -0.195. The van der Waals surface area contributed by atoms with Crippen molar-refractivity contribution in [2.24, 2.45) is 0 Å². The average Bonchev–Trinajstić information content (AvgIpc) is 2.07. The number of aliphatic hydroxyl groups is 1. The highest BCUT2D eigenvalue weighted by Crippen LogP contribution is 2.15. The van der Waals surface area contributed by atoms with E-state index in [1.807, 2.05) is 0 Å². The zero-order chi connectivity index (χ0) is 8.48. The first-order chi connectivity index (χ1) is 5.05. The van der Waals surface area contributed by atoms with Gasteiger partial charge in [0.2, 0.25) is 0 Å². The topological polar surface area (TPSA) is 63.6 Å². The van der Waals surface area contributed by atoms with Crippen LogP contribution in [0, 0.1) is 0 Å². The number of hydrogen-bond donors (Lipinski definition) is 1. The van der Waals surface area contributed by atoms with Crippen LogP contribution in [-0.4, -0.2) is 43.8 Å². The number of rotatable bonds is 2. The predicted octanol–water partition coefficient (Wildman–Crippen LogP) is -0.819. The van der Waals surface area contributed by atoms with Crippen LogP contribution in [0.5, 0.6) is 0 Å². The van der Waals surface area contributed by atoms with Gasteiger partial charge in [-0.1, -0.05) is 0 Å². The van der Waals surface area contributed by atoms with Crippen LogP contribution in [0.25, 0.3) is 0 Å². The zero-order valence-corrected chi connectivity index (χ0v) is 7.17. The van der Waals surface area contributed by atoms with Crippen LogP contribution in [0.3, 0.4) is 0 Å². The lowest BCUT2D eigenvalue weighted by molar-refractivity contribution is -0.00172. The second-order valence-corrected chi connectivity index (χ2v) is 4.79. The summed E-state index contributed by atoms with van der Waals surface area (Å²) in [4.78, 5) is 0. The van der Waals surface area contributed by atoms with Gasteiger partial charge in [-0.15, -0.1) is 0 Å². The molecule has 0 aromatic rings. The molecule has 11 heavy (non-hydrogen) atoms. The molecule has 1 aliphatic rings. The Labute approximate surface area is 66.1 Å². The Bertz CT molecular complexity index is 221. The molecule has 1 aliphatic heterocycles. The lowest BCUT2D eigenvalue weighted by Crippen LogP contribution is -2.26. The Morgan fingerprint density at radius 1 is 1.55 bits per heavy atom. The quantitative estimate of drug-likeness (QED) is 0.603. The van der Waals surface area contributed by atoms with E-state index in [0.717, 1.165) is 0 Å². The zero-order valence-electron chi connectivity index (χ0n) is 6.36. The number of hydrogen-bond acceptors (Lipinski definition) is 4. The summed E-state index contributed by atoms with van der Waals surface area (Å²) in [5, 5.41) is 9.15. The van der Waals surface area contributed by atoms with Crippen molar-refractivity contribution in [1.82, 2.24) is 0 Å². The fraction of sp³-hybridized carbons (Fsp3) is 1.00. The molecule has 0 aromatic heterocycles. The summed E-state index contributed by atoms with van der Waals surface area (Å²) in [6.07, 6.45) is -1.34. The first-order valence-corrected chi connectivity index (χ1v) is 5.37. The summed E-state index contributed by atoms with van der Waals surface area (Å²) in [6.45, 7) is 2.22. The first kappa shape index (κ1) is 8.96. The summed E-state index contributed by atoms with van der Waals surface area (Å²) in [7, 11) is -3.04. The highest BCUT2D eigenvalue weighted by molar-refractivity contribution is 7.91. The maximum absolute atomic E-state index is 10.9. The SMILES string of the molecule is CCO[C@H]1CS(=O)(=O)C[C@@H]1O. The Hall–Kier alpha value is -0.130. The Morgan fingerprint density at radius 3 is 2.55 bits per heavy atom.